The van der Waals surface area contributed by atoms with Crippen LogP contribution < -0.4 is 9.62 Å². The molecule has 1 amide bonds. The molecule has 2 aromatic carbocycles. The molecule has 0 unspecified atom stereocenters. The number of amides is 1. The second kappa shape index (κ2) is 11.2. The first-order valence-corrected chi connectivity index (χ1v) is 12.6. The van der Waals surface area contributed by atoms with Gasteiger partial charge in [0.25, 0.3) is 0 Å². The van der Waals surface area contributed by atoms with E-state index in [9.17, 15) is 13.2 Å². The van der Waals surface area contributed by atoms with Crippen LogP contribution in [-0.2, 0) is 40.6 Å². The summed E-state index contributed by atoms with van der Waals surface area (Å²) in [6.07, 6.45) is 4.74. The standard InChI is InChI=1S/C24H34N2O3S/c1-5-19-11-14-23(15-12-19)26(30(4,28)29)16-8-9-24(27)25-18-22-17-20(6-2)10-13-21(22)7-3/h10-15,17H,5-9,16,18H2,1-4H3,(H,25,27). The number of carbonyl (C=O) groups excluding carboxylic acids is 1. The SMILES string of the molecule is CCc1ccc(N(CCCC(=O)NCc2cc(CC)ccc2CC)S(C)(=O)=O)cc1. The van der Waals surface area contributed by atoms with Crippen LogP contribution in [0.5, 0.6) is 0 Å². The van der Waals surface area contributed by atoms with Gasteiger partial charge in [-0.1, -0.05) is 51.1 Å². The van der Waals surface area contributed by atoms with Crippen molar-refractivity contribution in [2.75, 3.05) is 17.1 Å². The first-order valence-electron chi connectivity index (χ1n) is 10.7. The monoisotopic (exact) mass is 430 g/mol. The number of hydrogen-bond acceptors (Lipinski definition) is 3. The minimum atomic E-state index is -3.41. The molecule has 0 saturated carbocycles. The van der Waals surface area contributed by atoms with Crippen molar-refractivity contribution in [3.8, 4) is 0 Å². The Bertz CT molecular complexity index is 937. The first-order chi connectivity index (χ1) is 14.3. The van der Waals surface area contributed by atoms with Gasteiger partial charge in [0.1, 0.15) is 0 Å². The number of nitrogens with one attached hydrogen (secondary N) is 1. The van der Waals surface area contributed by atoms with Gasteiger partial charge in [0, 0.05) is 19.5 Å². The Balaban J connectivity index is 1.93. The minimum Gasteiger partial charge on any atom is -0.352 e. The summed E-state index contributed by atoms with van der Waals surface area (Å²) < 4.78 is 25.8. The van der Waals surface area contributed by atoms with E-state index in [0.717, 1.165) is 30.4 Å². The maximum absolute atomic E-state index is 12.3. The normalized spacial score (nSPS) is 11.3. The zero-order chi connectivity index (χ0) is 22.1. The van der Waals surface area contributed by atoms with Gasteiger partial charge < -0.3 is 5.32 Å². The molecule has 1 N–H and O–H groups in total. The topological polar surface area (TPSA) is 66.5 Å². The molecule has 0 radical (unpaired) electrons. The molecule has 30 heavy (non-hydrogen) atoms. The van der Waals surface area contributed by atoms with E-state index in [1.54, 1.807) is 0 Å². The van der Waals surface area contributed by atoms with E-state index in [0.29, 0.717) is 18.7 Å². The quantitative estimate of drug-likeness (QED) is 0.580. The molecule has 164 valence electrons. The number of sulfonamides is 1. The number of benzene rings is 2. The number of carbonyl (C=O) groups is 1. The number of aryl methyl sites for hydroxylation is 3. The summed E-state index contributed by atoms with van der Waals surface area (Å²) in [7, 11) is -3.41. The summed E-state index contributed by atoms with van der Waals surface area (Å²) >= 11 is 0. The molecule has 0 heterocycles. The van der Waals surface area contributed by atoms with Crippen molar-refractivity contribution >= 4 is 21.6 Å². The van der Waals surface area contributed by atoms with Crippen LogP contribution in [-0.4, -0.2) is 27.1 Å². The molecule has 2 aromatic rings. The zero-order valence-corrected chi connectivity index (χ0v) is 19.4. The van der Waals surface area contributed by atoms with Crippen molar-refractivity contribution in [3.05, 3.63) is 64.7 Å². The van der Waals surface area contributed by atoms with Crippen molar-refractivity contribution in [1.29, 1.82) is 0 Å². The van der Waals surface area contributed by atoms with Gasteiger partial charge in [-0.3, -0.25) is 9.10 Å². The third-order valence-corrected chi connectivity index (χ3v) is 6.53. The molecule has 0 saturated heterocycles. The molecule has 0 fully saturated rings. The van der Waals surface area contributed by atoms with Crippen LogP contribution in [0.15, 0.2) is 42.5 Å². The number of hydrogen-bond donors (Lipinski definition) is 1. The molecular weight excluding hydrogens is 396 g/mol. The summed E-state index contributed by atoms with van der Waals surface area (Å²) in [6, 6.07) is 14.0. The first kappa shape index (κ1) is 23.9. The predicted molar refractivity (Wildman–Crippen MR) is 124 cm³/mol. The fraction of sp³-hybridized carbons (Fsp3) is 0.458. The van der Waals surface area contributed by atoms with Crippen LogP contribution >= 0.6 is 0 Å². The molecule has 0 aliphatic heterocycles. The van der Waals surface area contributed by atoms with E-state index in [1.807, 2.05) is 24.3 Å². The Morgan fingerprint density at radius 3 is 2.10 bits per heavy atom. The highest BCUT2D eigenvalue weighted by atomic mass is 32.2. The third kappa shape index (κ3) is 6.87. The molecule has 2 rings (SSSR count). The zero-order valence-electron chi connectivity index (χ0n) is 18.6. The highest BCUT2D eigenvalue weighted by molar-refractivity contribution is 7.92. The average Bonchev–Trinajstić information content (AvgIpc) is 2.74. The van der Waals surface area contributed by atoms with Crippen molar-refractivity contribution in [2.24, 2.45) is 0 Å². The lowest BCUT2D eigenvalue weighted by Crippen LogP contribution is -2.32. The molecule has 6 heteroatoms. The largest absolute Gasteiger partial charge is 0.352 e. The maximum Gasteiger partial charge on any atom is 0.232 e. The molecule has 0 aliphatic rings. The van der Waals surface area contributed by atoms with Crippen LogP contribution in [0.1, 0.15) is 55.9 Å². The highest BCUT2D eigenvalue weighted by Crippen LogP contribution is 2.19. The van der Waals surface area contributed by atoms with Gasteiger partial charge in [0.2, 0.25) is 15.9 Å². The minimum absolute atomic E-state index is 0.0614. The van der Waals surface area contributed by atoms with E-state index in [2.05, 4.69) is 44.3 Å². The van der Waals surface area contributed by atoms with E-state index in [4.69, 9.17) is 0 Å². The van der Waals surface area contributed by atoms with Gasteiger partial charge in [0.05, 0.1) is 11.9 Å². The molecule has 0 bridgehead atoms. The Morgan fingerprint density at radius 1 is 0.900 bits per heavy atom. The van der Waals surface area contributed by atoms with Gasteiger partial charge in [-0.15, -0.1) is 0 Å². The lowest BCUT2D eigenvalue weighted by atomic mass is 10.0. The van der Waals surface area contributed by atoms with Crippen molar-refractivity contribution in [2.45, 2.75) is 59.4 Å². The van der Waals surface area contributed by atoms with Gasteiger partial charge >= 0.3 is 0 Å². The van der Waals surface area contributed by atoms with Crippen molar-refractivity contribution in [1.82, 2.24) is 5.32 Å². The second-order valence-corrected chi connectivity index (χ2v) is 9.45. The fourth-order valence-corrected chi connectivity index (χ4v) is 4.42. The summed E-state index contributed by atoms with van der Waals surface area (Å²) in [5, 5.41) is 2.99. The molecular formula is C24H34N2O3S. The van der Waals surface area contributed by atoms with Gasteiger partial charge in [-0.2, -0.15) is 0 Å². The van der Waals surface area contributed by atoms with Gasteiger partial charge in [0.15, 0.2) is 0 Å². The van der Waals surface area contributed by atoms with Crippen LogP contribution in [0.2, 0.25) is 0 Å². The molecule has 0 aliphatic carbocycles. The molecule has 0 atom stereocenters. The van der Waals surface area contributed by atoms with Crippen molar-refractivity contribution < 1.29 is 13.2 Å². The Labute approximate surface area is 181 Å². The number of anilines is 1. The summed E-state index contributed by atoms with van der Waals surface area (Å²) in [5.74, 6) is -0.0614. The lowest BCUT2D eigenvalue weighted by molar-refractivity contribution is -0.121. The van der Waals surface area contributed by atoms with Crippen molar-refractivity contribution in [3.63, 3.8) is 0 Å². The summed E-state index contributed by atoms with van der Waals surface area (Å²) in [6.45, 7) is 7.07. The van der Waals surface area contributed by atoms with E-state index >= 15 is 0 Å². The Morgan fingerprint density at radius 2 is 1.53 bits per heavy atom. The molecule has 0 aromatic heterocycles. The van der Waals surface area contributed by atoms with Crippen LogP contribution in [0.4, 0.5) is 5.69 Å². The predicted octanol–water partition coefficient (Wildman–Crippen LogP) is 4.24. The van der Waals surface area contributed by atoms with Crippen LogP contribution in [0.25, 0.3) is 0 Å². The maximum atomic E-state index is 12.3. The summed E-state index contributed by atoms with van der Waals surface area (Å²) in [5.41, 5.74) is 5.45. The number of rotatable bonds is 11. The average molecular weight is 431 g/mol. The fourth-order valence-electron chi connectivity index (χ4n) is 3.46. The Kier molecular flexibility index (Phi) is 8.90. The smallest absolute Gasteiger partial charge is 0.232 e. The molecule has 0 spiro atoms. The van der Waals surface area contributed by atoms with Gasteiger partial charge in [-0.05, 0) is 60.1 Å². The molecule has 5 nitrogen and oxygen atoms in total. The van der Waals surface area contributed by atoms with Crippen LogP contribution in [0.3, 0.4) is 0 Å². The second-order valence-electron chi connectivity index (χ2n) is 7.55. The Hall–Kier alpha value is -2.34. The number of nitrogens with zero attached hydrogens (tertiary/aromatic N) is 1. The third-order valence-electron chi connectivity index (χ3n) is 5.33. The lowest BCUT2D eigenvalue weighted by Gasteiger charge is -2.22. The van der Waals surface area contributed by atoms with E-state index < -0.39 is 10.0 Å². The summed E-state index contributed by atoms with van der Waals surface area (Å²) in [4.78, 5) is 12.3. The highest BCUT2D eigenvalue weighted by Gasteiger charge is 2.17. The van der Waals surface area contributed by atoms with E-state index in [-0.39, 0.29) is 18.9 Å². The van der Waals surface area contributed by atoms with E-state index in [1.165, 1.54) is 21.7 Å². The van der Waals surface area contributed by atoms with Crippen LogP contribution in [0, 0.1) is 0 Å². The van der Waals surface area contributed by atoms with Gasteiger partial charge in [-0.25, -0.2) is 8.42 Å².